The van der Waals surface area contributed by atoms with E-state index in [0.717, 1.165) is 5.56 Å². The van der Waals surface area contributed by atoms with E-state index in [1.54, 1.807) is 34.3 Å². The highest BCUT2D eigenvalue weighted by molar-refractivity contribution is 5.94. The van der Waals surface area contributed by atoms with Gasteiger partial charge in [-0.3, -0.25) is 19.4 Å². The molecule has 10 heteroatoms. The Hall–Kier alpha value is -4.21. The van der Waals surface area contributed by atoms with Crippen molar-refractivity contribution in [2.45, 2.75) is 31.9 Å². The van der Waals surface area contributed by atoms with Crippen LogP contribution in [-0.4, -0.2) is 77.4 Å². The Morgan fingerprint density at radius 3 is 2.32 bits per heavy atom. The molecule has 0 radical (unpaired) electrons. The van der Waals surface area contributed by atoms with Crippen molar-refractivity contribution in [3.63, 3.8) is 0 Å². The van der Waals surface area contributed by atoms with Gasteiger partial charge >= 0.3 is 6.09 Å². The summed E-state index contributed by atoms with van der Waals surface area (Å²) in [5.74, 6) is -0.576. The third-order valence-electron chi connectivity index (χ3n) is 6.01. The van der Waals surface area contributed by atoms with Crippen molar-refractivity contribution in [2.75, 3.05) is 32.7 Å². The lowest BCUT2D eigenvalue weighted by molar-refractivity contribution is -0.135. The number of carbonyl (C=O) groups excluding carboxylic acids is 4. The molecule has 1 aliphatic heterocycles. The quantitative estimate of drug-likeness (QED) is 0.355. The van der Waals surface area contributed by atoms with Crippen LogP contribution < -0.4 is 10.6 Å². The summed E-state index contributed by atoms with van der Waals surface area (Å²) < 4.78 is 5.32. The molecule has 2 heterocycles. The Balaban J connectivity index is 1.54. The number of nitrogens with one attached hydrogen (secondary N) is 2. The zero-order valence-electron chi connectivity index (χ0n) is 20.8. The predicted molar refractivity (Wildman–Crippen MR) is 137 cm³/mol. The summed E-state index contributed by atoms with van der Waals surface area (Å²) in [6.45, 7) is 5.47. The van der Waals surface area contributed by atoms with Gasteiger partial charge in [-0.15, -0.1) is 0 Å². The van der Waals surface area contributed by atoms with E-state index in [1.807, 2.05) is 30.3 Å². The Morgan fingerprint density at radius 1 is 0.973 bits per heavy atom. The van der Waals surface area contributed by atoms with Crippen LogP contribution in [0.5, 0.6) is 0 Å². The average molecular weight is 508 g/mol. The van der Waals surface area contributed by atoms with Gasteiger partial charge in [0.25, 0.3) is 5.91 Å². The molecule has 4 amide bonds. The van der Waals surface area contributed by atoms with Crippen LogP contribution in [0.25, 0.3) is 0 Å². The summed E-state index contributed by atoms with van der Waals surface area (Å²) in [7, 11) is 0. The molecular formula is C27H33N5O5. The van der Waals surface area contributed by atoms with Crippen LogP contribution in [-0.2, 0) is 20.9 Å². The summed E-state index contributed by atoms with van der Waals surface area (Å²) in [6, 6.07) is 11.8. The lowest BCUT2D eigenvalue weighted by atomic mass is 10.1. The first-order chi connectivity index (χ1) is 18.0. The van der Waals surface area contributed by atoms with E-state index in [0.29, 0.717) is 57.5 Å². The molecule has 2 aromatic rings. The number of unbranched alkanes of at least 4 members (excludes halogenated alkanes) is 1. The van der Waals surface area contributed by atoms with Crippen molar-refractivity contribution in [2.24, 2.45) is 0 Å². The van der Waals surface area contributed by atoms with Gasteiger partial charge in [-0.2, -0.15) is 0 Å². The first kappa shape index (κ1) is 27.4. The second-order valence-corrected chi connectivity index (χ2v) is 8.60. The van der Waals surface area contributed by atoms with Crippen LogP contribution in [0.3, 0.4) is 0 Å². The number of alkyl carbamates (subject to hydrolysis) is 1. The van der Waals surface area contributed by atoms with Crippen molar-refractivity contribution in [3.8, 4) is 0 Å². The molecule has 0 unspecified atom stereocenters. The third kappa shape index (κ3) is 8.75. The van der Waals surface area contributed by atoms with E-state index in [9.17, 15) is 19.2 Å². The van der Waals surface area contributed by atoms with Gasteiger partial charge in [-0.1, -0.05) is 36.9 Å². The van der Waals surface area contributed by atoms with Gasteiger partial charge in [0.15, 0.2) is 0 Å². The molecule has 196 valence electrons. The van der Waals surface area contributed by atoms with E-state index in [4.69, 9.17) is 4.74 Å². The van der Waals surface area contributed by atoms with Crippen LogP contribution in [0.1, 0.15) is 35.2 Å². The Labute approximate surface area is 216 Å². The number of benzene rings is 1. The monoisotopic (exact) mass is 507 g/mol. The third-order valence-corrected chi connectivity index (χ3v) is 6.01. The molecule has 0 aliphatic carbocycles. The number of nitrogens with zero attached hydrogens (tertiary/aromatic N) is 3. The lowest BCUT2D eigenvalue weighted by Gasteiger charge is -2.36. The normalized spacial score (nSPS) is 13.8. The second-order valence-electron chi connectivity index (χ2n) is 8.60. The molecule has 1 aromatic carbocycles. The summed E-state index contributed by atoms with van der Waals surface area (Å²) in [5, 5.41) is 5.41. The van der Waals surface area contributed by atoms with Crippen molar-refractivity contribution in [1.29, 1.82) is 0 Å². The molecule has 1 aliphatic rings. The minimum Gasteiger partial charge on any atom is -0.445 e. The Kier molecular flexibility index (Phi) is 10.6. The molecule has 3 rings (SSSR count). The molecule has 1 fully saturated rings. The minimum atomic E-state index is -0.777. The first-order valence-corrected chi connectivity index (χ1v) is 12.3. The Bertz CT molecular complexity index is 1060. The van der Waals surface area contributed by atoms with E-state index < -0.39 is 12.1 Å². The van der Waals surface area contributed by atoms with Gasteiger partial charge in [0.1, 0.15) is 12.6 Å². The summed E-state index contributed by atoms with van der Waals surface area (Å²) in [5.41, 5.74) is 1.40. The number of piperazine rings is 1. The molecule has 0 bridgehead atoms. The maximum absolute atomic E-state index is 13.3. The average Bonchev–Trinajstić information content (AvgIpc) is 2.95. The van der Waals surface area contributed by atoms with Crippen molar-refractivity contribution in [1.82, 2.24) is 25.4 Å². The zero-order chi connectivity index (χ0) is 26.5. The standard InChI is InChI=1S/C27H33N5O5/c1-2-24(33)29-13-7-6-10-23(30-27(36)37-20-21-8-4-3-5-9-21)26(35)32-18-16-31(17-19-32)25(34)22-11-14-28-15-12-22/h2-5,8-9,11-12,14-15,23H,1,6-7,10,13,16-20H2,(H,29,33)(H,30,36)/t23-/m0/s1. The number of ether oxygens (including phenoxy) is 1. The van der Waals surface area contributed by atoms with Gasteiger partial charge in [-0.05, 0) is 43.0 Å². The zero-order valence-corrected chi connectivity index (χ0v) is 20.8. The number of hydrogen-bond acceptors (Lipinski definition) is 6. The highest BCUT2D eigenvalue weighted by Crippen LogP contribution is 2.12. The lowest BCUT2D eigenvalue weighted by Crippen LogP contribution is -2.55. The van der Waals surface area contributed by atoms with Gasteiger partial charge < -0.3 is 25.2 Å². The fourth-order valence-electron chi connectivity index (χ4n) is 3.95. The fourth-order valence-corrected chi connectivity index (χ4v) is 3.95. The largest absolute Gasteiger partial charge is 0.445 e. The molecule has 1 saturated heterocycles. The van der Waals surface area contributed by atoms with Gasteiger partial charge in [0.2, 0.25) is 11.8 Å². The Morgan fingerprint density at radius 2 is 1.65 bits per heavy atom. The highest BCUT2D eigenvalue weighted by atomic mass is 16.5. The van der Waals surface area contributed by atoms with Crippen molar-refractivity contribution >= 4 is 23.8 Å². The SMILES string of the molecule is C=CC(=O)NCCCC[C@H](NC(=O)OCc1ccccc1)C(=O)N1CCN(C(=O)c2ccncc2)CC1. The van der Waals surface area contributed by atoms with Gasteiger partial charge in [0, 0.05) is 50.7 Å². The topological polar surface area (TPSA) is 121 Å². The van der Waals surface area contributed by atoms with E-state index in [1.165, 1.54) is 6.08 Å². The molecule has 2 N–H and O–H groups in total. The number of carbonyl (C=O) groups is 4. The number of aromatic nitrogens is 1. The number of pyridine rings is 1. The molecule has 1 aromatic heterocycles. The summed E-state index contributed by atoms with van der Waals surface area (Å²) in [6.07, 6.45) is 5.31. The van der Waals surface area contributed by atoms with Crippen LogP contribution in [0, 0.1) is 0 Å². The maximum atomic E-state index is 13.3. The molecule has 0 saturated carbocycles. The van der Waals surface area contributed by atoms with Crippen LogP contribution in [0.15, 0.2) is 67.5 Å². The summed E-state index contributed by atoms with van der Waals surface area (Å²) >= 11 is 0. The van der Waals surface area contributed by atoms with Gasteiger partial charge in [0.05, 0.1) is 0 Å². The molecule has 37 heavy (non-hydrogen) atoms. The predicted octanol–water partition coefficient (Wildman–Crippen LogP) is 2.13. The van der Waals surface area contributed by atoms with Crippen molar-refractivity contribution < 1.29 is 23.9 Å². The minimum absolute atomic E-state index is 0.0942. The molecular weight excluding hydrogens is 474 g/mol. The first-order valence-electron chi connectivity index (χ1n) is 12.3. The van der Waals surface area contributed by atoms with Crippen molar-refractivity contribution in [3.05, 3.63) is 78.6 Å². The molecule has 0 spiro atoms. The fraction of sp³-hybridized carbons (Fsp3) is 0.370. The van der Waals surface area contributed by atoms with E-state index in [-0.39, 0.29) is 24.3 Å². The maximum Gasteiger partial charge on any atom is 0.408 e. The number of rotatable bonds is 11. The van der Waals surface area contributed by atoms with Gasteiger partial charge in [-0.25, -0.2) is 4.79 Å². The van der Waals surface area contributed by atoms with Crippen LogP contribution >= 0.6 is 0 Å². The highest BCUT2D eigenvalue weighted by Gasteiger charge is 2.30. The summed E-state index contributed by atoms with van der Waals surface area (Å²) in [4.78, 5) is 57.2. The smallest absolute Gasteiger partial charge is 0.408 e. The van der Waals surface area contributed by atoms with E-state index >= 15 is 0 Å². The molecule has 10 nitrogen and oxygen atoms in total. The second kappa shape index (κ2) is 14.4. The number of amides is 4. The van der Waals surface area contributed by atoms with Crippen LogP contribution in [0.2, 0.25) is 0 Å². The molecule has 1 atom stereocenters. The van der Waals surface area contributed by atoms with E-state index in [2.05, 4.69) is 22.2 Å². The number of hydrogen-bond donors (Lipinski definition) is 2. The van der Waals surface area contributed by atoms with Crippen LogP contribution in [0.4, 0.5) is 4.79 Å².